The molecule has 4 nitrogen and oxygen atoms in total. The Bertz CT molecular complexity index is 578. The zero-order chi connectivity index (χ0) is 13.5. The second-order valence-corrected chi connectivity index (χ2v) is 5.25. The number of fused-ring (bicyclic) bond motifs is 1. The highest BCUT2D eigenvalue weighted by Crippen LogP contribution is 2.31. The van der Waals surface area contributed by atoms with Crippen molar-refractivity contribution in [2.75, 3.05) is 7.05 Å². The third-order valence-corrected chi connectivity index (χ3v) is 3.54. The smallest absolute Gasteiger partial charge is 0.115 e. The molecule has 2 aliphatic heterocycles. The number of nitrogens with one attached hydrogen (secondary N) is 1. The predicted molar refractivity (Wildman–Crippen MR) is 78.0 cm³/mol. The van der Waals surface area contributed by atoms with Crippen LogP contribution in [0.5, 0.6) is 0 Å². The molecule has 1 aromatic rings. The Kier molecular flexibility index (Phi) is 2.75. The van der Waals surface area contributed by atoms with Crippen LogP contribution in [0.1, 0.15) is 12.5 Å². The summed E-state index contributed by atoms with van der Waals surface area (Å²) in [4.78, 5) is 0. The molecule has 0 saturated heterocycles. The van der Waals surface area contributed by atoms with Crippen LogP contribution >= 0.6 is 11.8 Å². The van der Waals surface area contributed by atoms with Gasteiger partial charge in [0, 0.05) is 31.2 Å². The lowest BCUT2D eigenvalue weighted by molar-refractivity contribution is 0.416. The van der Waals surface area contributed by atoms with E-state index in [0.29, 0.717) is 0 Å². The maximum absolute atomic E-state index is 6.22. The third kappa shape index (κ3) is 2.08. The van der Waals surface area contributed by atoms with Crippen LogP contribution < -0.4 is 5.32 Å². The van der Waals surface area contributed by atoms with E-state index in [1.807, 2.05) is 61.0 Å². The molecule has 3 rings (SSSR count). The maximum Gasteiger partial charge on any atom is 0.115 e. The molecule has 2 heterocycles. The SMILES string of the molecule is CN1N=CC2(C)NC(c3ccccc3)=CN(Cl)C=C12. The van der Waals surface area contributed by atoms with Gasteiger partial charge in [0.2, 0.25) is 0 Å². The van der Waals surface area contributed by atoms with Gasteiger partial charge in [-0.3, -0.25) is 9.43 Å². The first kappa shape index (κ1) is 12.1. The van der Waals surface area contributed by atoms with Gasteiger partial charge in [-0.15, -0.1) is 0 Å². The van der Waals surface area contributed by atoms with Gasteiger partial charge in [-0.05, 0) is 12.5 Å². The minimum Gasteiger partial charge on any atom is -0.368 e. The van der Waals surface area contributed by atoms with E-state index < -0.39 is 0 Å². The van der Waals surface area contributed by atoms with Crippen molar-refractivity contribution >= 4 is 23.7 Å². The molecule has 1 atom stereocenters. The summed E-state index contributed by atoms with van der Waals surface area (Å²) in [5.74, 6) is 0. The monoisotopic (exact) mass is 274 g/mol. The summed E-state index contributed by atoms with van der Waals surface area (Å²) in [6, 6.07) is 10.1. The lowest BCUT2D eigenvalue weighted by atomic mass is 9.99. The predicted octanol–water partition coefficient (Wildman–Crippen LogP) is 2.58. The molecule has 0 radical (unpaired) electrons. The van der Waals surface area contributed by atoms with Gasteiger partial charge >= 0.3 is 0 Å². The second kappa shape index (κ2) is 4.31. The summed E-state index contributed by atoms with van der Waals surface area (Å²) in [5.41, 5.74) is 2.71. The van der Waals surface area contributed by atoms with Crippen molar-refractivity contribution in [2.24, 2.45) is 5.10 Å². The summed E-state index contributed by atoms with van der Waals surface area (Å²) in [7, 11) is 1.91. The molecular weight excluding hydrogens is 260 g/mol. The molecule has 5 heteroatoms. The van der Waals surface area contributed by atoms with Gasteiger partial charge < -0.3 is 5.32 Å². The Morgan fingerprint density at radius 3 is 2.68 bits per heavy atom. The Balaban J connectivity index is 2.02. The van der Waals surface area contributed by atoms with Gasteiger partial charge in [0.25, 0.3) is 0 Å². The molecule has 0 aliphatic carbocycles. The first-order valence-electron chi connectivity index (χ1n) is 6.09. The lowest BCUT2D eigenvalue weighted by Gasteiger charge is -2.27. The molecule has 2 aliphatic rings. The lowest BCUT2D eigenvalue weighted by Crippen LogP contribution is -2.43. The Hall–Kier alpha value is -1.94. The first-order valence-corrected chi connectivity index (χ1v) is 6.43. The van der Waals surface area contributed by atoms with Gasteiger partial charge in [0.15, 0.2) is 0 Å². The van der Waals surface area contributed by atoms with Crippen molar-refractivity contribution in [3.63, 3.8) is 0 Å². The van der Waals surface area contributed by atoms with Crippen molar-refractivity contribution in [2.45, 2.75) is 12.5 Å². The second-order valence-electron chi connectivity index (χ2n) is 4.86. The number of halogens is 1. The molecule has 19 heavy (non-hydrogen) atoms. The number of benzene rings is 1. The number of rotatable bonds is 1. The summed E-state index contributed by atoms with van der Waals surface area (Å²) in [5, 5.41) is 9.65. The number of hydrogen-bond donors (Lipinski definition) is 1. The average molecular weight is 275 g/mol. The van der Waals surface area contributed by atoms with Gasteiger partial charge in [0.05, 0.1) is 17.6 Å². The molecule has 0 fully saturated rings. The third-order valence-electron chi connectivity index (χ3n) is 3.35. The highest BCUT2D eigenvalue weighted by atomic mass is 35.5. The Morgan fingerprint density at radius 1 is 1.21 bits per heavy atom. The van der Waals surface area contributed by atoms with E-state index >= 15 is 0 Å². The fourth-order valence-corrected chi connectivity index (χ4v) is 2.52. The van der Waals surface area contributed by atoms with Crippen LogP contribution in [-0.4, -0.2) is 28.2 Å². The van der Waals surface area contributed by atoms with Crippen LogP contribution in [0.25, 0.3) is 5.70 Å². The van der Waals surface area contributed by atoms with Crippen LogP contribution in [0, 0.1) is 0 Å². The van der Waals surface area contributed by atoms with Crippen molar-refractivity contribution in [1.29, 1.82) is 0 Å². The minimum absolute atomic E-state index is 0.347. The molecule has 1 N–H and O–H groups in total. The molecule has 0 saturated carbocycles. The van der Waals surface area contributed by atoms with Crippen molar-refractivity contribution in [1.82, 2.24) is 14.7 Å². The van der Waals surface area contributed by atoms with Crippen molar-refractivity contribution in [3.05, 3.63) is 54.0 Å². The molecule has 1 unspecified atom stereocenters. The summed E-state index contributed by atoms with van der Waals surface area (Å²) in [6.45, 7) is 2.08. The molecule has 0 spiro atoms. The zero-order valence-electron chi connectivity index (χ0n) is 10.8. The normalized spacial score (nSPS) is 25.4. The summed E-state index contributed by atoms with van der Waals surface area (Å²) in [6.07, 6.45) is 5.64. The van der Waals surface area contributed by atoms with Gasteiger partial charge in [0.1, 0.15) is 5.54 Å². The van der Waals surface area contributed by atoms with Crippen LogP contribution in [0.4, 0.5) is 0 Å². The largest absolute Gasteiger partial charge is 0.368 e. The van der Waals surface area contributed by atoms with E-state index in [1.165, 1.54) is 0 Å². The quantitative estimate of drug-likeness (QED) is 0.799. The molecule has 0 bridgehead atoms. The van der Waals surface area contributed by atoms with E-state index in [0.717, 1.165) is 17.0 Å². The van der Waals surface area contributed by atoms with Crippen LogP contribution in [-0.2, 0) is 0 Å². The highest BCUT2D eigenvalue weighted by molar-refractivity contribution is 6.15. The molecule has 1 aromatic carbocycles. The standard InChI is InChI=1S/C14H15ClN4/c1-14-10-16-18(2)13(14)9-19(15)8-12(17-14)11-6-4-3-5-7-11/h3-10,17H,1-2H3. The average Bonchev–Trinajstić information content (AvgIpc) is 2.60. The summed E-state index contributed by atoms with van der Waals surface area (Å²) < 4.78 is 1.54. The molecular formula is C14H15ClN4. The van der Waals surface area contributed by atoms with E-state index in [4.69, 9.17) is 11.8 Å². The zero-order valence-corrected chi connectivity index (χ0v) is 11.6. The highest BCUT2D eigenvalue weighted by Gasteiger charge is 2.37. The maximum atomic E-state index is 6.22. The van der Waals surface area contributed by atoms with Crippen molar-refractivity contribution < 1.29 is 0 Å². The molecule has 0 aromatic heterocycles. The molecule has 98 valence electrons. The Morgan fingerprint density at radius 2 is 1.95 bits per heavy atom. The van der Waals surface area contributed by atoms with Crippen LogP contribution in [0.2, 0.25) is 0 Å². The van der Waals surface area contributed by atoms with E-state index in [9.17, 15) is 0 Å². The van der Waals surface area contributed by atoms with Crippen LogP contribution in [0.15, 0.2) is 53.5 Å². The fraction of sp³-hybridized carbons (Fsp3) is 0.214. The van der Waals surface area contributed by atoms with Gasteiger partial charge in [-0.1, -0.05) is 30.3 Å². The van der Waals surface area contributed by atoms with E-state index in [1.54, 1.807) is 4.42 Å². The van der Waals surface area contributed by atoms with E-state index in [2.05, 4.69) is 17.3 Å². The number of hydrazone groups is 1. The van der Waals surface area contributed by atoms with Gasteiger partial charge in [-0.25, -0.2) is 0 Å². The topological polar surface area (TPSA) is 30.9 Å². The number of nitrogens with zero attached hydrogens (tertiary/aromatic N) is 3. The minimum atomic E-state index is -0.347. The number of likely N-dealkylation sites (N-methyl/N-ethyl adjacent to an activating group) is 1. The van der Waals surface area contributed by atoms with E-state index in [-0.39, 0.29) is 5.54 Å². The fourth-order valence-electron chi connectivity index (χ4n) is 2.33. The van der Waals surface area contributed by atoms with Gasteiger partial charge in [-0.2, -0.15) is 5.10 Å². The first-order chi connectivity index (χ1) is 9.08. The summed E-state index contributed by atoms with van der Waals surface area (Å²) >= 11 is 6.22. The number of hydrogen-bond acceptors (Lipinski definition) is 4. The van der Waals surface area contributed by atoms with Crippen molar-refractivity contribution in [3.8, 4) is 0 Å². The Labute approximate surface area is 117 Å². The van der Waals surface area contributed by atoms with Crippen LogP contribution in [0.3, 0.4) is 0 Å². The molecule has 0 amide bonds.